The van der Waals surface area contributed by atoms with Crippen LogP contribution in [0, 0.1) is 0 Å². The van der Waals surface area contributed by atoms with E-state index in [2.05, 4.69) is 29.6 Å². The summed E-state index contributed by atoms with van der Waals surface area (Å²) < 4.78 is 49.1. The fourth-order valence-corrected chi connectivity index (χ4v) is 2.37. The Labute approximate surface area is 149 Å². The number of ether oxygens (including phenoxy) is 1. The molecule has 11 heteroatoms. The summed E-state index contributed by atoms with van der Waals surface area (Å²) in [5, 5.41) is 3.31. The molecule has 0 amide bonds. The average Bonchev–Trinajstić information content (AvgIpc) is 3.26. The molecule has 0 radical (unpaired) electrons. The standard InChI is InChI=1S/C16H11F3N6O2/c1-25-13-11(3-2-6-20-13)22-15(25)26-8-10-5-4-9(7-21-10)12-23-14(27-24-12)16(17,18)19/h2-7H,8H2,1H3. The Morgan fingerprint density at radius 1 is 1.15 bits per heavy atom. The number of rotatable bonds is 4. The maximum Gasteiger partial charge on any atom is 0.471 e. The van der Waals surface area contributed by atoms with Crippen LogP contribution >= 0.6 is 0 Å². The predicted molar refractivity (Wildman–Crippen MR) is 85.4 cm³/mol. The SMILES string of the molecule is Cn1c(OCc2ccc(-c3noc(C(F)(F)F)n3)cn2)nc2cccnc21. The molecular weight excluding hydrogens is 365 g/mol. The van der Waals surface area contributed by atoms with Crippen LogP contribution in [0.25, 0.3) is 22.6 Å². The summed E-state index contributed by atoms with van der Waals surface area (Å²) in [6, 6.07) is 7.11. The highest BCUT2D eigenvalue weighted by Crippen LogP contribution is 2.29. The van der Waals surface area contributed by atoms with E-state index in [9.17, 15) is 13.2 Å². The molecule has 4 aromatic rings. The summed E-state index contributed by atoms with van der Waals surface area (Å²) >= 11 is 0. The van der Waals surface area contributed by atoms with Crippen molar-refractivity contribution in [2.45, 2.75) is 12.8 Å². The quantitative estimate of drug-likeness (QED) is 0.541. The second kappa shape index (κ2) is 6.34. The number of hydrogen-bond donors (Lipinski definition) is 0. The van der Waals surface area contributed by atoms with Gasteiger partial charge in [0, 0.05) is 25.0 Å². The third-order valence-electron chi connectivity index (χ3n) is 3.69. The topological polar surface area (TPSA) is 91.8 Å². The number of hydrogen-bond acceptors (Lipinski definition) is 7. The van der Waals surface area contributed by atoms with E-state index in [0.29, 0.717) is 28.4 Å². The molecular formula is C16H11F3N6O2. The molecule has 0 aromatic carbocycles. The molecule has 27 heavy (non-hydrogen) atoms. The lowest BCUT2D eigenvalue weighted by molar-refractivity contribution is -0.159. The van der Waals surface area contributed by atoms with Crippen LogP contribution in [0.15, 0.2) is 41.2 Å². The molecule has 4 aromatic heterocycles. The molecule has 0 unspecified atom stereocenters. The normalized spacial score (nSPS) is 11.9. The van der Waals surface area contributed by atoms with Gasteiger partial charge in [0.15, 0.2) is 5.65 Å². The van der Waals surface area contributed by atoms with Crippen LogP contribution < -0.4 is 4.74 Å². The van der Waals surface area contributed by atoms with E-state index < -0.39 is 12.1 Å². The number of halogens is 3. The van der Waals surface area contributed by atoms with Crippen molar-refractivity contribution in [2.75, 3.05) is 0 Å². The van der Waals surface area contributed by atoms with E-state index in [1.165, 1.54) is 12.3 Å². The van der Waals surface area contributed by atoms with E-state index >= 15 is 0 Å². The summed E-state index contributed by atoms with van der Waals surface area (Å²) in [7, 11) is 1.78. The molecule has 0 saturated carbocycles. The molecule has 0 saturated heterocycles. The second-order valence-corrected chi connectivity index (χ2v) is 5.55. The van der Waals surface area contributed by atoms with Gasteiger partial charge in [-0.15, -0.1) is 0 Å². The number of fused-ring (bicyclic) bond motifs is 1. The minimum atomic E-state index is -4.69. The van der Waals surface area contributed by atoms with Crippen LogP contribution in [0.4, 0.5) is 13.2 Å². The number of pyridine rings is 2. The summed E-state index contributed by atoms with van der Waals surface area (Å²) in [5.41, 5.74) is 2.24. The number of nitrogens with zero attached hydrogens (tertiary/aromatic N) is 6. The highest BCUT2D eigenvalue weighted by Gasteiger charge is 2.38. The van der Waals surface area contributed by atoms with E-state index in [4.69, 9.17) is 4.74 Å². The van der Waals surface area contributed by atoms with Crippen LogP contribution in [-0.4, -0.2) is 29.7 Å². The summed E-state index contributed by atoms with van der Waals surface area (Å²) in [6.45, 7) is 0.123. The highest BCUT2D eigenvalue weighted by atomic mass is 19.4. The Morgan fingerprint density at radius 3 is 2.67 bits per heavy atom. The Balaban J connectivity index is 1.48. The lowest BCUT2D eigenvalue weighted by Gasteiger charge is -2.05. The first-order valence-electron chi connectivity index (χ1n) is 7.68. The molecule has 0 N–H and O–H groups in total. The Hall–Kier alpha value is -3.50. The van der Waals surface area contributed by atoms with Crippen molar-refractivity contribution in [2.24, 2.45) is 7.05 Å². The van der Waals surface area contributed by atoms with Gasteiger partial charge in [-0.25, -0.2) is 4.98 Å². The van der Waals surface area contributed by atoms with Gasteiger partial charge in [0.2, 0.25) is 5.82 Å². The van der Waals surface area contributed by atoms with Crippen LogP contribution in [0.2, 0.25) is 0 Å². The zero-order chi connectivity index (χ0) is 19.0. The number of imidazole rings is 1. The van der Waals surface area contributed by atoms with Gasteiger partial charge < -0.3 is 9.26 Å². The Bertz CT molecular complexity index is 1090. The van der Waals surface area contributed by atoms with Gasteiger partial charge in [-0.2, -0.15) is 23.1 Å². The van der Waals surface area contributed by atoms with Crippen molar-refractivity contribution in [1.82, 2.24) is 29.7 Å². The summed E-state index contributed by atoms with van der Waals surface area (Å²) in [5.74, 6) is -1.59. The van der Waals surface area contributed by atoms with Gasteiger partial charge >= 0.3 is 12.1 Å². The molecule has 4 rings (SSSR count). The third kappa shape index (κ3) is 3.30. The Kier molecular flexibility index (Phi) is 3.98. The fourth-order valence-electron chi connectivity index (χ4n) is 2.37. The molecule has 0 fully saturated rings. The van der Waals surface area contributed by atoms with Crippen molar-refractivity contribution >= 4 is 11.2 Å². The maximum absolute atomic E-state index is 12.5. The molecule has 4 heterocycles. The number of aryl methyl sites for hydroxylation is 1. The lowest BCUT2D eigenvalue weighted by atomic mass is 10.2. The fraction of sp³-hybridized carbons (Fsp3) is 0.188. The van der Waals surface area contributed by atoms with Gasteiger partial charge in [-0.05, 0) is 24.3 Å². The van der Waals surface area contributed by atoms with Gasteiger partial charge in [-0.3, -0.25) is 9.55 Å². The maximum atomic E-state index is 12.5. The van der Waals surface area contributed by atoms with Gasteiger partial charge in [0.1, 0.15) is 12.1 Å². The van der Waals surface area contributed by atoms with Crippen molar-refractivity contribution < 1.29 is 22.4 Å². The Morgan fingerprint density at radius 2 is 2.00 bits per heavy atom. The first-order valence-corrected chi connectivity index (χ1v) is 7.68. The minimum Gasteiger partial charge on any atom is -0.458 e. The first kappa shape index (κ1) is 16.9. The summed E-state index contributed by atoms with van der Waals surface area (Å²) in [6.07, 6.45) is -1.68. The van der Waals surface area contributed by atoms with Crippen LogP contribution in [-0.2, 0) is 19.8 Å². The molecule has 138 valence electrons. The molecule has 0 aliphatic rings. The lowest BCUT2D eigenvalue weighted by Crippen LogP contribution is -2.05. The molecule has 0 aliphatic carbocycles. The van der Waals surface area contributed by atoms with E-state index in [0.717, 1.165) is 0 Å². The summed E-state index contributed by atoms with van der Waals surface area (Å²) in [4.78, 5) is 16.0. The largest absolute Gasteiger partial charge is 0.471 e. The van der Waals surface area contributed by atoms with E-state index in [1.807, 2.05) is 6.07 Å². The minimum absolute atomic E-state index is 0.123. The second-order valence-electron chi connectivity index (χ2n) is 5.55. The average molecular weight is 376 g/mol. The van der Waals surface area contributed by atoms with Crippen LogP contribution in [0.1, 0.15) is 11.6 Å². The molecule has 0 aliphatic heterocycles. The third-order valence-corrected chi connectivity index (χ3v) is 3.69. The monoisotopic (exact) mass is 376 g/mol. The van der Waals surface area contributed by atoms with Crippen LogP contribution in [0.3, 0.4) is 0 Å². The highest BCUT2D eigenvalue weighted by molar-refractivity contribution is 5.71. The van der Waals surface area contributed by atoms with Crippen molar-refractivity contribution in [3.63, 3.8) is 0 Å². The van der Waals surface area contributed by atoms with Gasteiger partial charge in [-0.1, -0.05) is 5.16 Å². The van der Waals surface area contributed by atoms with Crippen LogP contribution in [0.5, 0.6) is 6.01 Å². The van der Waals surface area contributed by atoms with Crippen molar-refractivity contribution in [3.8, 4) is 17.4 Å². The molecule has 0 atom stereocenters. The van der Waals surface area contributed by atoms with Crippen molar-refractivity contribution in [1.29, 1.82) is 0 Å². The smallest absolute Gasteiger partial charge is 0.458 e. The molecule has 0 bridgehead atoms. The van der Waals surface area contributed by atoms with Gasteiger partial charge in [0.05, 0.1) is 5.69 Å². The molecule has 8 nitrogen and oxygen atoms in total. The zero-order valence-electron chi connectivity index (χ0n) is 13.8. The van der Waals surface area contributed by atoms with Gasteiger partial charge in [0.25, 0.3) is 6.01 Å². The number of aromatic nitrogens is 6. The van der Waals surface area contributed by atoms with E-state index in [1.54, 1.807) is 29.9 Å². The number of alkyl halides is 3. The first-order chi connectivity index (χ1) is 12.9. The van der Waals surface area contributed by atoms with E-state index in [-0.39, 0.29) is 12.4 Å². The molecule has 0 spiro atoms. The van der Waals surface area contributed by atoms with Crippen molar-refractivity contribution in [3.05, 3.63) is 48.2 Å². The predicted octanol–water partition coefficient (Wildman–Crippen LogP) is 3.01. The zero-order valence-corrected chi connectivity index (χ0v) is 13.8.